The van der Waals surface area contributed by atoms with Crippen molar-refractivity contribution in [1.82, 2.24) is 15.1 Å². The number of carbonyl (C=O) groups excluding carboxylic acids is 2. The van der Waals surface area contributed by atoms with Crippen molar-refractivity contribution in [2.24, 2.45) is 0 Å². The number of carbonyl (C=O) groups is 2. The first-order valence-electron chi connectivity index (χ1n) is 10.3. The maximum atomic E-state index is 12.7. The Hall–Kier alpha value is -1.89. The lowest BCUT2D eigenvalue weighted by atomic mass is 10.0. The second-order valence-corrected chi connectivity index (χ2v) is 6.84. The Balaban J connectivity index is 2.03. The van der Waals surface area contributed by atoms with Gasteiger partial charge in [0.2, 0.25) is 0 Å². The Labute approximate surface area is 161 Å². The smallest absolute Gasteiger partial charge is 0.305 e. The molecule has 0 spiro atoms. The predicted molar refractivity (Wildman–Crippen MR) is 103 cm³/mol. The Bertz CT molecular complexity index is 613. The van der Waals surface area contributed by atoms with E-state index in [1.54, 1.807) is 4.68 Å². The second kappa shape index (κ2) is 11.7. The highest BCUT2D eigenvalue weighted by Crippen LogP contribution is 2.19. The van der Waals surface area contributed by atoms with E-state index in [0.29, 0.717) is 57.9 Å². The molecule has 0 aromatic carbocycles. The van der Waals surface area contributed by atoms with E-state index in [-0.39, 0.29) is 11.9 Å². The third kappa shape index (κ3) is 6.65. The molecule has 0 saturated carbocycles. The molecule has 1 aromatic rings. The van der Waals surface area contributed by atoms with Gasteiger partial charge < -0.3 is 14.8 Å². The number of rotatable bonds is 8. The van der Waals surface area contributed by atoms with Gasteiger partial charge in [0.1, 0.15) is 5.69 Å². The highest BCUT2D eigenvalue weighted by atomic mass is 16.5. The van der Waals surface area contributed by atoms with Gasteiger partial charge in [-0.2, -0.15) is 5.10 Å². The SMILES string of the molecule is CCCCC(=O)OCCCc1nn(CC)c2c1CCCOCCCNC2=O. The van der Waals surface area contributed by atoms with Crippen molar-refractivity contribution in [3.05, 3.63) is 17.0 Å². The Morgan fingerprint density at radius 3 is 2.85 bits per heavy atom. The van der Waals surface area contributed by atoms with Crippen LogP contribution in [0.3, 0.4) is 0 Å². The van der Waals surface area contributed by atoms with Gasteiger partial charge in [0.25, 0.3) is 5.91 Å². The Morgan fingerprint density at radius 2 is 2.07 bits per heavy atom. The maximum absolute atomic E-state index is 12.7. The molecular formula is C20H33N3O4. The third-order valence-electron chi connectivity index (χ3n) is 4.67. The van der Waals surface area contributed by atoms with Gasteiger partial charge in [-0.3, -0.25) is 14.3 Å². The standard InChI is InChI=1S/C20H33N3O4/c1-3-5-11-18(24)27-15-7-10-17-16-9-6-13-26-14-8-12-21-20(25)19(16)23(4-2)22-17/h3-15H2,1-2H3,(H,21,25). The zero-order valence-electron chi connectivity index (χ0n) is 16.7. The van der Waals surface area contributed by atoms with Crippen molar-refractivity contribution in [3.63, 3.8) is 0 Å². The third-order valence-corrected chi connectivity index (χ3v) is 4.67. The van der Waals surface area contributed by atoms with E-state index in [2.05, 4.69) is 17.3 Å². The largest absolute Gasteiger partial charge is 0.466 e. The van der Waals surface area contributed by atoms with Crippen LogP contribution in [0.2, 0.25) is 0 Å². The van der Waals surface area contributed by atoms with Crippen molar-refractivity contribution >= 4 is 11.9 Å². The molecule has 1 amide bonds. The number of aryl methyl sites for hydroxylation is 2. The van der Waals surface area contributed by atoms with Gasteiger partial charge in [0.15, 0.2) is 0 Å². The summed E-state index contributed by atoms with van der Waals surface area (Å²) >= 11 is 0. The fourth-order valence-electron chi connectivity index (χ4n) is 3.23. The first-order chi connectivity index (χ1) is 13.2. The molecule has 0 bridgehead atoms. The number of ether oxygens (including phenoxy) is 2. The number of unbranched alkanes of at least 4 members (excludes halogenated alkanes) is 1. The number of nitrogens with one attached hydrogen (secondary N) is 1. The zero-order valence-corrected chi connectivity index (χ0v) is 16.7. The van der Waals surface area contributed by atoms with Crippen molar-refractivity contribution in [2.45, 2.75) is 71.8 Å². The van der Waals surface area contributed by atoms with E-state index in [9.17, 15) is 9.59 Å². The van der Waals surface area contributed by atoms with Crippen molar-refractivity contribution < 1.29 is 19.1 Å². The first-order valence-corrected chi connectivity index (χ1v) is 10.3. The summed E-state index contributed by atoms with van der Waals surface area (Å²) in [6.45, 7) is 7.07. The molecule has 2 rings (SSSR count). The van der Waals surface area contributed by atoms with Crippen LogP contribution >= 0.6 is 0 Å². The summed E-state index contributed by atoms with van der Waals surface area (Å²) in [5, 5.41) is 7.65. The van der Waals surface area contributed by atoms with Crippen molar-refractivity contribution in [2.75, 3.05) is 26.4 Å². The quantitative estimate of drug-likeness (QED) is 0.555. The Kier molecular flexibility index (Phi) is 9.31. The topological polar surface area (TPSA) is 82.4 Å². The summed E-state index contributed by atoms with van der Waals surface area (Å²) in [6, 6.07) is 0. The van der Waals surface area contributed by atoms with Gasteiger partial charge in [-0.1, -0.05) is 13.3 Å². The number of aromatic nitrogens is 2. The molecule has 0 unspecified atom stereocenters. The van der Waals surface area contributed by atoms with Gasteiger partial charge in [-0.25, -0.2) is 0 Å². The molecule has 0 radical (unpaired) electrons. The number of esters is 1. The molecule has 0 saturated heterocycles. The molecule has 1 aliphatic heterocycles. The summed E-state index contributed by atoms with van der Waals surface area (Å²) in [5.74, 6) is -0.190. The van der Waals surface area contributed by atoms with Crippen LogP contribution < -0.4 is 5.32 Å². The average molecular weight is 380 g/mol. The number of hydrogen-bond donors (Lipinski definition) is 1. The number of fused-ring (bicyclic) bond motifs is 1. The van der Waals surface area contributed by atoms with Crippen LogP contribution in [-0.4, -0.2) is 48.0 Å². The molecule has 152 valence electrons. The van der Waals surface area contributed by atoms with Crippen LogP contribution in [0.5, 0.6) is 0 Å². The second-order valence-electron chi connectivity index (χ2n) is 6.84. The minimum atomic E-state index is -0.133. The highest BCUT2D eigenvalue weighted by Gasteiger charge is 2.22. The van der Waals surface area contributed by atoms with E-state index in [1.807, 2.05) is 6.92 Å². The summed E-state index contributed by atoms with van der Waals surface area (Å²) < 4.78 is 12.7. The summed E-state index contributed by atoms with van der Waals surface area (Å²) in [6.07, 6.45) is 6.21. The molecule has 1 aromatic heterocycles. The van der Waals surface area contributed by atoms with Crippen LogP contribution in [0, 0.1) is 0 Å². The fourth-order valence-corrected chi connectivity index (χ4v) is 3.23. The molecule has 7 heteroatoms. The fraction of sp³-hybridized carbons (Fsp3) is 0.750. The van der Waals surface area contributed by atoms with E-state index in [1.165, 1.54) is 0 Å². The highest BCUT2D eigenvalue weighted by molar-refractivity contribution is 5.94. The molecule has 1 aliphatic rings. The van der Waals surface area contributed by atoms with E-state index >= 15 is 0 Å². The summed E-state index contributed by atoms with van der Waals surface area (Å²) in [5.41, 5.74) is 2.62. The maximum Gasteiger partial charge on any atom is 0.305 e. The zero-order chi connectivity index (χ0) is 19.5. The van der Waals surface area contributed by atoms with E-state index < -0.39 is 0 Å². The van der Waals surface area contributed by atoms with E-state index in [0.717, 1.165) is 43.4 Å². The number of nitrogens with zero attached hydrogens (tertiary/aromatic N) is 2. The van der Waals surface area contributed by atoms with E-state index in [4.69, 9.17) is 9.47 Å². The molecule has 7 nitrogen and oxygen atoms in total. The predicted octanol–water partition coefficient (Wildman–Crippen LogP) is 2.65. The van der Waals surface area contributed by atoms with Crippen molar-refractivity contribution in [3.8, 4) is 0 Å². The number of amides is 1. The first kappa shape index (κ1) is 21.4. The van der Waals surface area contributed by atoms with Gasteiger partial charge >= 0.3 is 5.97 Å². The Morgan fingerprint density at radius 1 is 1.26 bits per heavy atom. The summed E-state index contributed by atoms with van der Waals surface area (Å²) in [7, 11) is 0. The monoisotopic (exact) mass is 379 g/mol. The average Bonchev–Trinajstić information content (AvgIpc) is 3.00. The minimum absolute atomic E-state index is 0.0570. The molecule has 1 N–H and O–H groups in total. The van der Waals surface area contributed by atoms with Crippen LogP contribution in [0.4, 0.5) is 0 Å². The van der Waals surface area contributed by atoms with Gasteiger partial charge in [0, 0.05) is 38.3 Å². The van der Waals surface area contributed by atoms with Crippen LogP contribution in [-0.2, 0) is 33.7 Å². The normalized spacial score (nSPS) is 15.6. The van der Waals surface area contributed by atoms with Crippen LogP contribution in [0.1, 0.15) is 74.1 Å². The lowest BCUT2D eigenvalue weighted by Crippen LogP contribution is -2.28. The lowest BCUT2D eigenvalue weighted by Gasteiger charge is -2.08. The van der Waals surface area contributed by atoms with Crippen LogP contribution in [0.15, 0.2) is 0 Å². The molecule has 0 aliphatic carbocycles. The number of hydrogen-bond acceptors (Lipinski definition) is 5. The summed E-state index contributed by atoms with van der Waals surface area (Å²) in [4.78, 5) is 24.3. The molecule has 0 atom stereocenters. The molecular weight excluding hydrogens is 346 g/mol. The van der Waals surface area contributed by atoms with Gasteiger partial charge in [-0.05, 0) is 45.4 Å². The van der Waals surface area contributed by atoms with Crippen molar-refractivity contribution in [1.29, 1.82) is 0 Å². The van der Waals surface area contributed by atoms with Gasteiger partial charge in [0.05, 0.1) is 12.3 Å². The lowest BCUT2D eigenvalue weighted by molar-refractivity contribution is -0.143. The molecule has 0 fully saturated rings. The van der Waals surface area contributed by atoms with Gasteiger partial charge in [-0.15, -0.1) is 0 Å². The van der Waals surface area contributed by atoms with Crippen LogP contribution in [0.25, 0.3) is 0 Å². The molecule has 2 heterocycles. The minimum Gasteiger partial charge on any atom is -0.466 e. The molecule has 27 heavy (non-hydrogen) atoms.